The zero-order chi connectivity index (χ0) is 18.0. The molecule has 0 saturated carbocycles. The quantitative estimate of drug-likeness (QED) is 0.867. The minimum atomic E-state index is -0.204. The van der Waals surface area contributed by atoms with Crippen molar-refractivity contribution in [1.29, 1.82) is 0 Å². The number of hydrogen-bond acceptors (Lipinski definition) is 5. The second kappa shape index (κ2) is 7.35. The zero-order valence-corrected chi connectivity index (χ0v) is 15.6. The van der Waals surface area contributed by atoms with Gasteiger partial charge >= 0.3 is 0 Å². The summed E-state index contributed by atoms with van der Waals surface area (Å²) >= 11 is 0. The number of likely N-dealkylation sites (tertiary alicyclic amines) is 1. The summed E-state index contributed by atoms with van der Waals surface area (Å²) in [5, 5.41) is 6.95. The Bertz CT molecular complexity index is 658. The molecule has 3 aliphatic heterocycles. The molecule has 0 unspecified atom stereocenters. The Morgan fingerprint density at radius 3 is 2.81 bits per heavy atom. The summed E-state index contributed by atoms with van der Waals surface area (Å²) in [6.07, 6.45) is 3.99. The number of anilines is 1. The number of piperidine rings is 2. The van der Waals surface area contributed by atoms with E-state index in [0.717, 1.165) is 69.0 Å². The van der Waals surface area contributed by atoms with E-state index in [2.05, 4.69) is 22.5 Å². The van der Waals surface area contributed by atoms with E-state index in [4.69, 9.17) is 9.47 Å². The Morgan fingerprint density at radius 2 is 2.00 bits per heavy atom. The number of benzene rings is 1. The van der Waals surface area contributed by atoms with Crippen LogP contribution in [0.3, 0.4) is 0 Å². The molecule has 3 heterocycles. The molecule has 2 saturated heterocycles. The molecule has 2 N–H and O–H groups in total. The van der Waals surface area contributed by atoms with Gasteiger partial charge in [0.2, 0.25) is 5.91 Å². The number of carbonyl (C=O) groups excluding carboxylic acids is 1. The van der Waals surface area contributed by atoms with Crippen LogP contribution in [0.1, 0.15) is 32.6 Å². The molecule has 1 aromatic rings. The fourth-order valence-corrected chi connectivity index (χ4v) is 4.22. The first-order chi connectivity index (χ1) is 12.6. The predicted molar refractivity (Wildman–Crippen MR) is 101 cm³/mol. The van der Waals surface area contributed by atoms with Crippen molar-refractivity contribution >= 4 is 11.6 Å². The SMILES string of the molecule is CC1(C(=O)N2CCC[C@@H](Nc3ccc4c(c3)OCCO4)C2)CCNCC1. The van der Waals surface area contributed by atoms with Crippen molar-refractivity contribution in [3.63, 3.8) is 0 Å². The molecular weight excluding hydrogens is 330 g/mol. The van der Waals surface area contributed by atoms with Crippen LogP contribution >= 0.6 is 0 Å². The van der Waals surface area contributed by atoms with Crippen molar-refractivity contribution in [3.05, 3.63) is 18.2 Å². The van der Waals surface area contributed by atoms with E-state index in [1.165, 1.54) is 0 Å². The summed E-state index contributed by atoms with van der Waals surface area (Å²) < 4.78 is 11.3. The van der Waals surface area contributed by atoms with Crippen molar-refractivity contribution < 1.29 is 14.3 Å². The lowest BCUT2D eigenvalue weighted by molar-refractivity contribution is -0.143. The molecule has 0 aromatic heterocycles. The summed E-state index contributed by atoms with van der Waals surface area (Å²) in [6, 6.07) is 6.27. The van der Waals surface area contributed by atoms with Gasteiger partial charge in [0, 0.05) is 36.3 Å². The predicted octanol–water partition coefficient (Wildman–Crippen LogP) is 2.25. The number of nitrogens with one attached hydrogen (secondary N) is 2. The third kappa shape index (κ3) is 3.61. The highest BCUT2D eigenvalue weighted by Crippen LogP contribution is 2.34. The third-order valence-electron chi connectivity index (χ3n) is 5.84. The van der Waals surface area contributed by atoms with Crippen molar-refractivity contribution in [3.8, 4) is 11.5 Å². The highest BCUT2D eigenvalue weighted by Gasteiger charge is 2.39. The summed E-state index contributed by atoms with van der Waals surface area (Å²) in [4.78, 5) is 15.2. The molecule has 1 amide bonds. The molecule has 1 atom stereocenters. The maximum Gasteiger partial charge on any atom is 0.228 e. The maximum atomic E-state index is 13.1. The smallest absolute Gasteiger partial charge is 0.228 e. The molecule has 4 rings (SSSR count). The van der Waals surface area contributed by atoms with E-state index in [-0.39, 0.29) is 11.5 Å². The number of nitrogens with zero attached hydrogens (tertiary/aromatic N) is 1. The van der Waals surface area contributed by atoms with E-state index in [0.29, 0.717) is 19.1 Å². The topological polar surface area (TPSA) is 62.8 Å². The molecule has 3 aliphatic rings. The van der Waals surface area contributed by atoms with Gasteiger partial charge < -0.3 is 25.0 Å². The molecule has 6 heteroatoms. The summed E-state index contributed by atoms with van der Waals surface area (Å²) in [5.41, 5.74) is 0.825. The molecule has 26 heavy (non-hydrogen) atoms. The number of ether oxygens (including phenoxy) is 2. The lowest BCUT2D eigenvalue weighted by atomic mass is 9.79. The van der Waals surface area contributed by atoms with E-state index in [1.54, 1.807) is 0 Å². The number of hydrogen-bond donors (Lipinski definition) is 2. The lowest BCUT2D eigenvalue weighted by Gasteiger charge is -2.41. The normalized spacial score (nSPS) is 24.8. The van der Waals surface area contributed by atoms with Gasteiger partial charge in [-0.3, -0.25) is 4.79 Å². The van der Waals surface area contributed by atoms with Crippen LogP contribution in [0.25, 0.3) is 0 Å². The summed E-state index contributed by atoms with van der Waals surface area (Å²) in [7, 11) is 0. The second-order valence-electron chi connectivity index (χ2n) is 7.90. The van der Waals surface area contributed by atoms with Crippen molar-refractivity contribution in [2.75, 3.05) is 44.7 Å². The largest absolute Gasteiger partial charge is 0.486 e. The molecule has 0 radical (unpaired) electrons. The van der Waals surface area contributed by atoms with Crippen LogP contribution < -0.4 is 20.1 Å². The molecule has 0 bridgehead atoms. The van der Waals surface area contributed by atoms with Gasteiger partial charge in [-0.2, -0.15) is 0 Å². The first-order valence-electron chi connectivity index (χ1n) is 9.80. The first kappa shape index (κ1) is 17.5. The third-order valence-corrected chi connectivity index (χ3v) is 5.84. The van der Waals surface area contributed by atoms with Crippen LogP contribution in [0.2, 0.25) is 0 Å². The summed E-state index contributed by atoms with van der Waals surface area (Å²) in [5.74, 6) is 1.93. The second-order valence-corrected chi connectivity index (χ2v) is 7.90. The van der Waals surface area contributed by atoms with Crippen molar-refractivity contribution in [2.24, 2.45) is 5.41 Å². The maximum absolute atomic E-state index is 13.1. The van der Waals surface area contributed by atoms with Gasteiger partial charge in [0.1, 0.15) is 13.2 Å². The van der Waals surface area contributed by atoms with Crippen molar-refractivity contribution in [1.82, 2.24) is 10.2 Å². The molecule has 1 aromatic carbocycles. The molecule has 2 fully saturated rings. The summed E-state index contributed by atoms with van der Waals surface area (Å²) in [6.45, 7) is 6.86. The van der Waals surface area contributed by atoms with Gasteiger partial charge in [0.05, 0.1) is 0 Å². The lowest BCUT2D eigenvalue weighted by Crippen LogP contribution is -2.52. The molecule has 0 spiro atoms. The standard InChI is InChI=1S/C20H29N3O3/c1-20(6-8-21-9-7-20)19(24)23-10-2-3-16(14-23)22-15-4-5-17-18(13-15)26-12-11-25-17/h4-5,13,16,21-22H,2-3,6-12,14H2,1H3/t16-/m1/s1. The van der Waals surface area contributed by atoms with Crippen LogP contribution in [0.5, 0.6) is 11.5 Å². The molecular formula is C20H29N3O3. The van der Waals surface area contributed by atoms with Gasteiger partial charge in [0.25, 0.3) is 0 Å². The van der Waals surface area contributed by atoms with E-state index >= 15 is 0 Å². The minimum absolute atomic E-state index is 0.204. The van der Waals surface area contributed by atoms with Crippen LogP contribution in [0, 0.1) is 5.41 Å². The van der Waals surface area contributed by atoms with Crippen molar-refractivity contribution in [2.45, 2.75) is 38.6 Å². The van der Waals surface area contributed by atoms with E-state index in [1.807, 2.05) is 18.2 Å². The van der Waals surface area contributed by atoms with Crippen LogP contribution in [-0.4, -0.2) is 56.2 Å². The Hall–Kier alpha value is -1.95. The Morgan fingerprint density at radius 1 is 1.23 bits per heavy atom. The highest BCUT2D eigenvalue weighted by atomic mass is 16.6. The number of amides is 1. The number of rotatable bonds is 3. The van der Waals surface area contributed by atoms with E-state index < -0.39 is 0 Å². The zero-order valence-electron chi connectivity index (χ0n) is 15.6. The monoisotopic (exact) mass is 359 g/mol. The van der Waals surface area contributed by atoms with E-state index in [9.17, 15) is 4.79 Å². The van der Waals surface area contributed by atoms with Gasteiger partial charge in [-0.05, 0) is 50.9 Å². The fraction of sp³-hybridized carbons (Fsp3) is 0.650. The van der Waals surface area contributed by atoms with Crippen LogP contribution in [0.4, 0.5) is 5.69 Å². The van der Waals surface area contributed by atoms with Gasteiger partial charge in [-0.1, -0.05) is 6.92 Å². The van der Waals surface area contributed by atoms with Crippen LogP contribution in [0.15, 0.2) is 18.2 Å². The number of carbonyl (C=O) groups is 1. The van der Waals surface area contributed by atoms with Crippen LogP contribution in [-0.2, 0) is 4.79 Å². The van der Waals surface area contributed by atoms with Gasteiger partial charge in [-0.25, -0.2) is 0 Å². The average molecular weight is 359 g/mol. The Kier molecular flexibility index (Phi) is 4.94. The first-order valence-corrected chi connectivity index (χ1v) is 9.80. The molecule has 142 valence electrons. The highest BCUT2D eigenvalue weighted by molar-refractivity contribution is 5.82. The Balaban J connectivity index is 1.40. The fourth-order valence-electron chi connectivity index (χ4n) is 4.22. The molecule has 6 nitrogen and oxygen atoms in total. The average Bonchev–Trinajstić information content (AvgIpc) is 2.68. The minimum Gasteiger partial charge on any atom is -0.486 e. The Labute approximate surface area is 155 Å². The number of fused-ring (bicyclic) bond motifs is 1. The van der Waals surface area contributed by atoms with Gasteiger partial charge in [0.15, 0.2) is 11.5 Å². The molecule has 0 aliphatic carbocycles. The van der Waals surface area contributed by atoms with Gasteiger partial charge in [-0.15, -0.1) is 0 Å².